The molecule has 0 saturated heterocycles. The zero-order valence-corrected chi connectivity index (χ0v) is 35.6. The van der Waals surface area contributed by atoms with Gasteiger partial charge in [0.15, 0.2) is 0 Å². The summed E-state index contributed by atoms with van der Waals surface area (Å²) in [4.78, 5) is 8.38. The number of nitrogens with zero attached hydrogens (tertiary/aromatic N) is 2. The molecular weight excluding hydrogens is 805 g/mol. The van der Waals surface area contributed by atoms with Crippen LogP contribution in [0.3, 0.4) is 0 Å². The number of hydrogen-bond donors (Lipinski definition) is 8. The van der Waals surface area contributed by atoms with Crippen molar-refractivity contribution in [2.45, 2.75) is 76.3 Å². The van der Waals surface area contributed by atoms with Gasteiger partial charge in [0.05, 0.1) is 34.4 Å². The molecule has 0 bridgehead atoms. The summed E-state index contributed by atoms with van der Waals surface area (Å²) in [6.07, 6.45) is 3.08. The maximum absolute atomic E-state index is 13.0. The standard InChI is InChI=1S/C24H29N3O4S.C20H21N3O4S/c1-16-23(29)21(18(15-28)13-25-16)14-26-19-9-7-8-17(12-19)20-10-5-6-11-22(20)32(30,31)27-24(2,3)4;1-13-20(25)18(15(12-24)10-22-13)11-23-16-6-4-5-14(9-16)17-7-2-3-8-19(17)28(21,26)27/h5-13,26-29H,14-15H2,1-4H3;2-10,23-25H,11-12H2,1H3,(H2,21,26,27). The Morgan fingerprint density at radius 2 is 1.03 bits per heavy atom. The number of aryl methyl sites for hydroxylation is 2. The van der Waals surface area contributed by atoms with E-state index in [-0.39, 0.29) is 47.6 Å². The molecule has 9 N–H and O–H groups in total. The van der Waals surface area contributed by atoms with Crippen molar-refractivity contribution in [1.29, 1.82) is 0 Å². The zero-order chi connectivity index (χ0) is 43.8. The molecule has 6 aromatic rings. The summed E-state index contributed by atoms with van der Waals surface area (Å²) in [5, 5.41) is 51.4. The molecule has 14 nitrogen and oxygen atoms in total. The minimum atomic E-state index is -3.86. The van der Waals surface area contributed by atoms with E-state index >= 15 is 0 Å². The molecule has 60 heavy (non-hydrogen) atoms. The van der Waals surface area contributed by atoms with Crippen LogP contribution in [0.1, 0.15) is 54.4 Å². The smallest absolute Gasteiger partial charge is 0.241 e. The molecule has 0 amide bonds. The Morgan fingerprint density at radius 3 is 1.45 bits per heavy atom. The van der Waals surface area contributed by atoms with Gasteiger partial charge < -0.3 is 31.1 Å². The largest absolute Gasteiger partial charge is 0.506 e. The van der Waals surface area contributed by atoms with Gasteiger partial charge in [-0.3, -0.25) is 9.97 Å². The van der Waals surface area contributed by atoms with Crippen molar-refractivity contribution in [3.05, 3.63) is 143 Å². The van der Waals surface area contributed by atoms with E-state index < -0.39 is 25.6 Å². The SMILES string of the molecule is Cc1ncc(CO)c(CNc2cccc(-c3ccccc3S(=O)(=O)NC(C)(C)C)c2)c1O.Cc1ncc(CO)c(CNc2cccc(-c3ccccc3S(N)(=O)=O)c2)c1O. The van der Waals surface area contributed by atoms with Crippen LogP contribution in [0.5, 0.6) is 11.5 Å². The topological polar surface area (TPSA) is 237 Å². The van der Waals surface area contributed by atoms with Crippen LogP contribution in [-0.4, -0.2) is 52.8 Å². The maximum atomic E-state index is 13.0. The molecule has 0 saturated carbocycles. The summed E-state index contributed by atoms with van der Waals surface area (Å²) >= 11 is 0. The zero-order valence-electron chi connectivity index (χ0n) is 33.9. The summed E-state index contributed by atoms with van der Waals surface area (Å²) < 4.78 is 52.4. The van der Waals surface area contributed by atoms with Crippen molar-refractivity contribution in [2.75, 3.05) is 10.6 Å². The highest BCUT2D eigenvalue weighted by atomic mass is 32.2. The number of rotatable bonds is 13. The van der Waals surface area contributed by atoms with Crippen molar-refractivity contribution in [3.63, 3.8) is 0 Å². The number of nitrogens with two attached hydrogens (primary N) is 1. The molecule has 0 fully saturated rings. The minimum absolute atomic E-state index is 0.0368. The third-order valence-electron chi connectivity index (χ3n) is 9.30. The van der Waals surface area contributed by atoms with E-state index in [1.54, 1.807) is 101 Å². The first-order chi connectivity index (χ1) is 28.3. The number of primary sulfonamides is 1. The van der Waals surface area contributed by atoms with Crippen molar-refractivity contribution in [1.82, 2.24) is 14.7 Å². The Morgan fingerprint density at radius 1 is 0.617 bits per heavy atom. The molecular formula is C44H50N6O8S2. The normalized spacial score (nSPS) is 11.7. The van der Waals surface area contributed by atoms with Crippen LogP contribution in [0.15, 0.2) is 119 Å². The summed E-state index contributed by atoms with van der Waals surface area (Å²) in [6, 6.07) is 28.0. The summed E-state index contributed by atoms with van der Waals surface area (Å²) in [5.41, 5.74) is 6.55. The molecule has 2 aromatic heterocycles. The predicted molar refractivity (Wildman–Crippen MR) is 233 cm³/mol. The quantitative estimate of drug-likeness (QED) is 0.0625. The van der Waals surface area contributed by atoms with Crippen LogP contribution in [0.25, 0.3) is 22.3 Å². The molecule has 4 aromatic carbocycles. The molecule has 2 heterocycles. The number of aliphatic hydroxyl groups is 2. The lowest BCUT2D eigenvalue weighted by atomic mass is 10.0. The van der Waals surface area contributed by atoms with E-state index in [2.05, 4.69) is 25.3 Å². The van der Waals surface area contributed by atoms with Gasteiger partial charge in [0.25, 0.3) is 0 Å². The molecule has 316 valence electrons. The highest BCUT2D eigenvalue weighted by Crippen LogP contribution is 2.32. The van der Waals surface area contributed by atoms with Crippen LogP contribution in [0.2, 0.25) is 0 Å². The molecule has 0 atom stereocenters. The number of aromatic nitrogens is 2. The van der Waals surface area contributed by atoms with E-state index in [1.807, 2.05) is 30.3 Å². The Kier molecular flexibility index (Phi) is 14.3. The third-order valence-corrected chi connectivity index (χ3v) is 12.1. The molecule has 0 spiro atoms. The summed E-state index contributed by atoms with van der Waals surface area (Å²) in [7, 11) is -7.58. The van der Waals surface area contributed by atoms with Gasteiger partial charge in [-0.05, 0) is 82.1 Å². The molecule has 16 heteroatoms. The van der Waals surface area contributed by atoms with E-state index in [9.17, 15) is 37.3 Å². The van der Waals surface area contributed by atoms with Gasteiger partial charge in [0.1, 0.15) is 11.5 Å². The second-order valence-electron chi connectivity index (χ2n) is 15.0. The van der Waals surface area contributed by atoms with E-state index in [4.69, 9.17) is 5.14 Å². The Hall–Kier alpha value is -5.88. The Labute approximate surface area is 350 Å². The first-order valence-electron chi connectivity index (χ1n) is 18.8. The lowest BCUT2D eigenvalue weighted by molar-refractivity contribution is 0.279. The number of benzene rings is 4. The Balaban J connectivity index is 0.000000230. The number of sulfonamides is 2. The fraction of sp³-hybridized carbons (Fsp3) is 0.227. The summed E-state index contributed by atoms with van der Waals surface area (Å²) in [6.45, 7) is 8.86. The third kappa shape index (κ3) is 11.2. The highest BCUT2D eigenvalue weighted by molar-refractivity contribution is 7.89. The number of pyridine rings is 2. The monoisotopic (exact) mass is 854 g/mol. The summed E-state index contributed by atoms with van der Waals surface area (Å²) in [5.74, 6) is 0.0830. The number of hydrogen-bond acceptors (Lipinski definition) is 12. The molecule has 6 rings (SSSR count). The maximum Gasteiger partial charge on any atom is 0.241 e. The fourth-order valence-electron chi connectivity index (χ4n) is 6.36. The lowest BCUT2D eigenvalue weighted by Gasteiger charge is -2.21. The lowest BCUT2D eigenvalue weighted by Crippen LogP contribution is -2.40. The second-order valence-corrected chi connectivity index (χ2v) is 18.2. The molecule has 0 unspecified atom stereocenters. The molecule has 0 aliphatic heterocycles. The van der Waals surface area contributed by atoms with Gasteiger partial charge in [-0.15, -0.1) is 0 Å². The van der Waals surface area contributed by atoms with Crippen LogP contribution < -0.4 is 20.5 Å². The number of nitrogens with one attached hydrogen (secondary N) is 3. The van der Waals surface area contributed by atoms with Crippen molar-refractivity contribution in [2.24, 2.45) is 5.14 Å². The molecule has 0 aliphatic carbocycles. The number of aromatic hydroxyl groups is 2. The van der Waals surface area contributed by atoms with Crippen molar-refractivity contribution in [3.8, 4) is 33.8 Å². The van der Waals surface area contributed by atoms with E-state index in [0.717, 1.165) is 16.9 Å². The van der Waals surface area contributed by atoms with E-state index in [1.165, 1.54) is 12.3 Å². The van der Waals surface area contributed by atoms with Gasteiger partial charge in [-0.2, -0.15) is 0 Å². The average Bonchev–Trinajstić information content (AvgIpc) is 3.21. The first kappa shape index (κ1) is 45.2. The molecule has 0 radical (unpaired) electrons. The minimum Gasteiger partial charge on any atom is -0.506 e. The van der Waals surface area contributed by atoms with Gasteiger partial charge in [-0.25, -0.2) is 26.7 Å². The molecule has 0 aliphatic rings. The van der Waals surface area contributed by atoms with Gasteiger partial charge in [0.2, 0.25) is 20.0 Å². The van der Waals surface area contributed by atoms with Gasteiger partial charge >= 0.3 is 0 Å². The fourth-order valence-corrected chi connectivity index (χ4v) is 8.77. The number of anilines is 2. The first-order valence-corrected chi connectivity index (χ1v) is 21.8. The van der Waals surface area contributed by atoms with Crippen molar-refractivity contribution < 1.29 is 37.3 Å². The van der Waals surface area contributed by atoms with E-state index in [0.29, 0.717) is 50.3 Å². The number of aliphatic hydroxyl groups excluding tert-OH is 2. The predicted octanol–water partition coefficient (Wildman–Crippen LogP) is 6.46. The van der Waals surface area contributed by atoms with Gasteiger partial charge in [-0.1, -0.05) is 60.7 Å². The highest BCUT2D eigenvalue weighted by Gasteiger charge is 2.25. The Bertz CT molecular complexity index is 2700. The van der Waals surface area contributed by atoms with Crippen molar-refractivity contribution >= 4 is 31.4 Å². The van der Waals surface area contributed by atoms with Crippen LogP contribution >= 0.6 is 0 Å². The second kappa shape index (κ2) is 19.0. The van der Waals surface area contributed by atoms with Gasteiger partial charge in [0, 0.05) is 75.8 Å². The van der Waals surface area contributed by atoms with Crippen LogP contribution in [0.4, 0.5) is 11.4 Å². The van der Waals surface area contributed by atoms with Crippen LogP contribution in [-0.2, 0) is 46.3 Å². The van der Waals surface area contributed by atoms with Crippen LogP contribution in [0, 0.1) is 13.8 Å². The average molecular weight is 855 g/mol.